The number of hydrogen-bond acceptors (Lipinski definition) is 3. The van der Waals surface area contributed by atoms with Gasteiger partial charge in [-0.05, 0) is 33.4 Å². The summed E-state index contributed by atoms with van der Waals surface area (Å²) in [6.07, 6.45) is 0. The zero-order valence-electron chi connectivity index (χ0n) is 10.4. The van der Waals surface area contributed by atoms with Crippen LogP contribution in [0.4, 0.5) is 4.39 Å². The first-order valence-electron chi connectivity index (χ1n) is 6.04. The molecule has 6 heteroatoms. The predicted molar refractivity (Wildman–Crippen MR) is 84.2 cm³/mol. The lowest BCUT2D eigenvalue weighted by Gasteiger charge is -2.23. The van der Waals surface area contributed by atoms with Crippen molar-refractivity contribution in [1.82, 2.24) is 4.90 Å². The first-order chi connectivity index (χ1) is 9.66. The highest BCUT2D eigenvalue weighted by atomic mass is 79.9. The predicted octanol–water partition coefficient (Wildman–Crippen LogP) is 4.42. The van der Waals surface area contributed by atoms with E-state index >= 15 is 0 Å². The molecule has 2 heterocycles. The molecule has 0 N–H and O–H groups in total. The Kier molecular flexibility index (Phi) is 4.14. The molecule has 2 aromatic rings. The summed E-state index contributed by atoms with van der Waals surface area (Å²) in [4.78, 5) is 14.9. The number of halogens is 2. The fourth-order valence-corrected chi connectivity index (χ4v) is 5.35. The van der Waals surface area contributed by atoms with Gasteiger partial charge in [0.15, 0.2) is 0 Å². The van der Waals surface area contributed by atoms with Gasteiger partial charge in [0.05, 0.1) is 17.2 Å². The molecule has 104 valence electrons. The van der Waals surface area contributed by atoms with Gasteiger partial charge in [0, 0.05) is 10.0 Å². The largest absolute Gasteiger partial charge is 0.321 e. The maximum atomic E-state index is 13.8. The standard InChI is InChI=1S/C14H11BrFNOS2/c15-10-5-6-19-13(10)14-17(12(18)8-20-14)7-9-3-1-2-4-11(9)16/h1-6,14H,7-8H2. The number of hydrogen-bond donors (Lipinski definition) is 0. The van der Waals surface area contributed by atoms with E-state index in [1.54, 1.807) is 46.2 Å². The smallest absolute Gasteiger partial charge is 0.234 e. The summed E-state index contributed by atoms with van der Waals surface area (Å²) in [5.74, 6) is 0.244. The van der Waals surface area contributed by atoms with Crippen LogP contribution in [0, 0.1) is 5.82 Å². The molecule has 1 aliphatic rings. The number of carbonyl (C=O) groups excluding carboxylic acids is 1. The van der Waals surface area contributed by atoms with Crippen LogP contribution in [0.1, 0.15) is 15.8 Å². The summed E-state index contributed by atoms with van der Waals surface area (Å²) in [5.41, 5.74) is 0.557. The van der Waals surface area contributed by atoms with Crippen molar-refractivity contribution in [1.29, 1.82) is 0 Å². The lowest BCUT2D eigenvalue weighted by atomic mass is 10.2. The Balaban J connectivity index is 1.88. The van der Waals surface area contributed by atoms with Crippen LogP contribution in [-0.4, -0.2) is 16.6 Å². The summed E-state index contributed by atoms with van der Waals surface area (Å²) in [5, 5.41) is 1.96. The number of nitrogens with zero attached hydrogens (tertiary/aromatic N) is 1. The maximum absolute atomic E-state index is 13.8. The Morgan fingerprint density at radius 2 is 2.15 bits per heavy atom. The van der Waals surface area contributed by atoms with E-state index in [1.807, 2.05) is 11.4 Å². The molecule has 1 amide bonds. The van der Waals surface area contributed by atoms with Crippen LogP contribution in [0.2, 0.25) is 0 Å². The Morgan fingerprint density at radius 3 is 2.85 bits per heavy atom. The third-order valence-corrected chi connectivity index (χ3v) is 6.43. The van der Waals surface area contributed by atoms with Crippen LogP contribution in [-0.2, 0) is 11.3 Å². The number of benzene rings is 1. The summed E-state index contributed by atoms with van der Waals surface area (Å²) >= 11 is 6.71. The molecule has 0 saturated carbocycles. The molecule has 0 bridgehead atoms. The zero-order chi connectivity index (χ0) is 14.1. The molecule has 1 fully saturated rings. The molecule has 1 unspecified atom stereocenters. The number of thioether (sulfide) groups is 1. The topological polar surface area (TPSA) is 20.3 Å². The lowest BCUT2D eigenvalue weighted by Crippen LogP contribution is -2.27. The van der Waals surface area contributed by atoms with Gasteiger partial charge in [0.2, 0.25) is 5.91 Å². The highest BCUT2D eigenvalue weighted by molar-refractivity contribution is 9.10. The normalized spacial score (nSPS) is 18.8. The lowest BCUT2D eigenvalue weighted by molar-refractivity contribution is -0.128. The van der Waals surface area contributed by atoms with E-state index in [0.717, 1.165) is 9.35 Å². The first kappa shape index (κ1) is 14.1. The molecule has 1 aliphatic heterocycles. The summed E-state index contributed by atoms with van der Waals surface area (Å²) in [6.45, 7) is 0.313. The van der Waals surface area contributed by atoms with Crippen molar-refractivity contribution < 1.29 is 9.18 Å². The van der Waals surface area contributed by atoms with Crippen molar-refractivity contribution in [2.24, 2.45) is 0 Å². The van der Waals surface area contributed by atoms with E-state index < -0.39 is 0 Å². The first-order valence-corrected chi connectivity index (χ1v) is 8.76. The fraction of sp³-hybridized carbons (Fsp3) is 0.214. The Morgan fingerprint density at radius 1 is 1.35 bits per heavy atom. The molecular formula is C14H11BrFNOS2. The molecule has 1 atom stereocenters. The van der Waals surface area contributed by atoms with E-state index in [1.165, 1.54) is 6.07 Å². The number of rotatable bonds is 3. The third kappa shape index (κ3) is 2.64. The fourth-order valence-electron chi connectivity index (χ4n) is 2.13. The molecule has 1 aromatic heterocycles. The zero-order valence-corrected chi connectivity index (χ0v) is 13.6. The number of thiophene rings is 1. The van der Waals surface area contributed by atoms with Crippen molar-refractivity contribution in [2.45, 2.75) is 11.9 Å². The van der Waals surface area contributed by atoms with E-state index in [2.05, 4.69) is 15.9 Å². The molecule has 1 aromatic carbocycles. The second-order valence-electron chi connectivity index (χ2n) is 4.41. The molecule has 0 spiro atoms. The van der Waals surface area contributed by atoms with Gasteiger partial charge in [-0.3, -0.25) is 4.79 Å². The summed E-state index contributed by atoms with van der Waals surface area (Å²) < 4.78 is 14.8. The van der Waals surface area contributed by atoms with Crippen molar-refractivity contribution in [2.75, 3.05) is 5.75 Å². The quantitative estimate of drug-likeness (QED) is 0.795. The minimum absolute atomic E-state index is 0.0310. The average Bonchev–Trinajstić information content (AvgIpc) is 3.00. The maximum Gasteiger partial charge on any atom is 0.234 e. The minimum Gasteiger partial charge on any atom is -0.321 e. The highest BCUT2D eigenvalue weighted by Gasteiger charge is 2.34. The molecule has 3 rings (SSSR count). The van der Waals surface area contributed by atoms with Crippen molar-refractivity contribution in [3.8, 4) is 0 Å². The molecule has 1 saturated heterocycles. The van der Waals surface area contributed by atoms with Crippen LogP contribution in [0.15, 0.2) is 40.2 Å². The second kappa shape index (κ2) is 5.87. The molecule has 2 nitrogen and oxygen atoms in total. The number of amides is 1. The van der Waals surface area contributed by atoms with Crippen LogP contribution in [0.25, 0.3) is 0 Å². The Hall–Kier alpha value is -0.850. The van der Waals surface area contributed by atoms with Gasteiger partial charge in [-0.2, -0.15) is 0 Å². The van der Waals surface area contributed by atoms with Crippen LogP contribution < -0.4 is 0 Å². The Bertz CT molecular complexity index is 646. The molecule has 20 heavy (non-hydrogen) atoms. The molecule has 0 aliphatic carbocycles. The summed E-state index contributed by atoms with van der Waals surface area (Å²) in [7, 11) is 0. The van der Waals surface area contributed by atoms with E-state index in [0.29, 0.717) is 17.9 Å². The van der Waals surface area contributed by atoms with Crippen molar-refractivity contribution in [3.05, 3.63) is 56.4 Å². The second-order valence-corrected chi connectivity index (χ2v) is 7.28. The van der Waals surface area contributed by atoms with Crippen LogP contribution >= 0.6 is 39.0 Å². The number of carbonyl (C=O) groups is 1. The van der Waals surface area contributed by atoms with Crippen molar-refractivity contribution >= 4 is 44.9 Å². The van der Waals surface area contributed by atoms with Gasteiger partial charge in [-0.1, -0.05) is 18.2 Å². The van der Waals surface area contributed by atoms with Crippen LogP contribution in [0.5, 0.6) is 0 Å². The van der Waals surface area contributed by atoms with Crippen molar-refractivity contribution in [3.63, 3.8) is 0 Å². The van der Waals surface area contributed by atoms with Gasteiger partial charge in [0.25, 0.3) is 0 Å². The van der Waals surface area contributed by atoms with Gasteiger partial charge >= 0.3 is 0 Å². The SMILES string of the molecule is O=C1CSC(c2sccc2Br)N1Cc1ccccc1F. The molecule has 0 radical (unpaired) electrons. The van der Waals surface area contributed by atoms with E-state index in [-0.39, 0.29) is 17.1 Å². The van der Waals surface area contributed by atoms with Gasteiger partial charge in [0.1, 0.15) is 11.2 Å². The molecular weight excluding hydrogens is 361 g/mol. The minimum atomic E-state index is -0.263. The van der Waals surface area contributed by atoms with E-state index in [4.69, 9.17) is 0 Å². The van der Waals surface area contributed by atoms with Gasteiger partial charge < -0.3 is 4.90 Å². The van der Waals surface area contributed by atoms with E-state index in [9.17, 15) is 9.18 Å². The average molecular weight is 372 g/mol. The third-order valence-electron chi connectivity index (χ3n) is 3.14. The van der Waals surface area contributed by atoms with Gasteiger partial charge in [-0.15, -0.1) is 23.1 Å². The summed E-state index contributed by atoms with van der Waals surface area (Å²) in [6, 6.07) is 8.59. The van der Waals surface area contributed by atoms with Gasteiger partial charge in [-0.25, -0.2) is 4.39 Å². The van der Waals surface area contributed by atoms with Crippen LogP contribution in [0.3, 0.4) is 0 Å². The Labute approximate surface area is 133 Å². The monoisotopic (exact) mass is 371 g/mol. The highest BCUT2D eigenvalue weighted by Crippen LogP contribution is 2.44.